The molecule has 0 radical (unpaired) electrons. The third-order valence-corrected chi connectivity index (χ3v) is 6.66. The molecule has 1 aromatic carbocycles. The minimum absolute atomic E-state index is 0.283. The molecule has 28 heavy (non-hydrogen) atoms. The molecule has 5 heteroatoms. The van der Waals surface area contributed by atoms with Crippen LogP contribution in [0.15, 0.2) is 23.2 Å². The monoisotopic (exact) mass is 382 g/mol. The molecule has 150 valence electrons. The summed E-state index contributed by atoms with van der Waals surface area (Å²) in [7, 11) is 0. The van der Waals surface area contributed by atoms with Gasteiger partial charge in [-0.1, -0.05) is 25.3 Å². The van der Waals surface area contributed by atoms with Crippen molar-refractivity contribution in [3.05, 3.63) is 29.3 Å². The van der Waals surface area contributed by atoms with Crippen LogP contribution in [0, 0.1) is 5.92 Å². The first-order valence-corrected chi connectivity index (χ1v) is 10.9. The van der Waals surface area contributed by atoms with Gasteiger partial charge in [0.1, 0.15) is 0 Å². The number of rotatable bonds is 4. The van der Waals surface area contributed by atoms with E-state index in [1.807, 2.05) is 0 Å². The quantitative estimate of drug-likeness (QED) is 0.860. The standard InChI is InChI=1S/C23H30N2O3/c26-23-22(20-8-12-28-13-9-24-20)19-15-17(14-16-2-1-3-16)4-5-21(19)25(23)18-6-10-27-11-7-18/h4-5,15-16,18,26H,1-3,6-14H2. The number of hydrogen-bond acceptors (Lipinski definition) is 4. The molecule has 1 N–H and O–H groups in total. The lowest BCUT2D eigenvalue weighted by atomic mass is 9.81. The van der Waals surface area contributed by atoms with Crippen molar-refractivity contribution in [3.8, 4) is 5.88 Å². The van der Waals surface area contributed by atoms with Gasteiger partial charge in [0.2, 0.25) is 5.88 Å². The van der Waals surface area contributed by atoms with Gasteiger partial charge in [-0.25, -0.2) is 0 Å². The van der Waals surface area contributed by atoms with Crippen LogP contribution in [0.2, 0.25) is 0 Å². The summed E-state index contributed by atoms with van der Waals surface area (Å²) in [6, 6.07) is 7.07. The van der Waals surface area contributed by atoms with E-state index in [0.29, 0.717) is 25.6 Å². The van der Waals surface area contributed by atoms with Crippen molar-refractivity contribution in [1.82, 2.24) is 4.57 Å². The molecule has 2 aromatic rings. The smallest absolute Gasteiger partial charge is 0.201 e. The predicted molar refractivity (Wildman–Crippen MR) is 111 cm³/mol. The molecule has 3 aliphatic rings. The molecule has 0 bridgehead atoms. The van der Waals surface area contributed by atoms with Crippen LogP contribution in [0.1, 0.15) is 55.7 Å². The minimum Gasteiger partial charge on any atom is -0.494 e. The van der Waals surface area contributed by atoms with Crippen molar-refractivity contribution in [2.45, 2.75) is 51.0 Å². The second-order valence-corrected chi connectivity index (χ2v) is 8.46. The van der Waals surface area contributed by atoms with Crippen molar-refractivity contribution < 1.29 is 14.6 Å². The van der Waals surface area contributed by atoms with Crippen LogP contribution in [0.25, 0.3) is 10.9 Å². The minimum atomic E-state index is 0.283. The van der Waals surface area contributed by atoms with E-state index in [-0.39, 0.29) is 6.04 Å². The van der Waals surface area contributed by atoms with Crippen LogP contribution in [0.5, 0.6) is 5.88 Å². The maximum atomic E-state index is 11.3. The van der Waals surface area contributed by atoms with Gasteiger partial charge in [-0.3, -0.25) is 4.99 Å². The Morgan fingerprint density at radius 1 is 1.04 bits per heavy atom. The van der Waals surface area contributed by atoms with Gasteiger partial charge in [0, 0.05) is 31.1 Å². The maximum absolute atomic E-state index is 11.3. The Labute approximate surface area is 166 Å². The molecule has 0 spiro atoms. The van der Waals surface area contributed by atoms with Gasteiger partial charge < -0.3 is 19.1 Å². The summed E-state index contributed by atoms with van der Waals surface area (Å²) in [6.45, 7) is 3.52. The zero-order chi connectivity index (χ0) is 18.9. The Kier molecular flexibility index (Phi) is 5.12. The van der Waals surface area contributed by atoms with E-state index in [2.05, 4.69) is 22.8 Å². The second kappa shape index (κ2) is 7.88. The van der Waals surface area contributed by atoms with E-state index in [0.717, 1.165) is 67.0 Å². The first kappa shape index (κ1) is 18.2. The summed E-state index contributed by atoms with van der Waals surface area (Å²) in [5.41, 5.74) is 4.44. The van der Waals surface area contributed by atoms with Crippen molar-refractivity contribution in [2.24, 2.45) is 10.9 Å². The van der Waals surface area contributed by atoms with Crippen LogP contribution in [0.4, 0.5) is 0 Å². The molecule has 3 heterocycles. The zero-order valence-corrected chi connectivity index (χ0v) is 16.5. The normalized spacial score (nSPS) is 22.1. The Bertz CT molecular complexity index is 876. The Morgan fingerprint density at radius 2 is 1.86 bits per heavy atom. The molecule has 0 unspecified atom stereocenters. The van der Waals surface area contributed by atoms with Crippen LogP contribution < -0.4 is 0 Å². The SMILES string of the molecule is Oc1c(C2=NCCOCC2)c2cc(CC3CCC3)ccc2n1C1CCOCC1. The van der Waals surface area contributed by atoms with Crippen LogP contribution in [0.3, 0.4) is 0 Å². The number of nitrogens with zero attached hydrogens (tertiary/aromatic N) is 2. The largest absolute Gasteiger partial charge is 0.494 e. The molecule has 2 fully saturated rings. The topological polar surface area (TPSA) is 56.0 Å². The lowest BCUT2D eigenvalue weighted by Crippen LogP contribution is -2.19. The Morgan fingerprint density at radius 3 is 2.64 bits per heavy atom. The average Bonchev–Trinajstić information content (AvgIpc) is 2.84. The van der Waals surface area contributed by atoms with Crippen molar-refractivity contribution in [3.63, 3.8) is 0 Å². The zero-order valence-electron chi connectivity index (χ0n) is 16.5. The van der Waals surface area contributed by atoms with Gasteiger partial charge in [-0.15, -0.1) is 0 Å². The predicted octanol–water partition coefficient (Wildman–Crippen LogP) is 4.25. The molecule has 0 atom stereocenters. The number of ether oxygens (including phenoxy) is 2. The third kappa shape index (κ3) is 3.35. The highest BCUT2D eigenvalue weighted by molar-refractivity contribution is 6.13. The van der Waals surface area contributed by atoms with E-state index < -0.39 is 0 Å². The Hall–Kier alpha value is -1.85. The molecule has 2 aliphatic heterocycles. The van der Waals surface area contributed by atoms with E-state index in [1.54, 1.807) is 0 Å². The van der Waals surface area contributed by atoms with Gasteiger partial charge in [-0.2, -0.15) is 0 Å². The van der Waals surface area contributed by atoms with Gasteiger partial charge in [0.15, 0.2) is 0 Å². The molecular weight excluding hydrogens is 352 g/mol. The van der Waals surface area contributed by atoms with E-state index in [9.17, 15) is 5.11 Å². The molecule has 1 saturated carbocycles. The fourth-order valence-corrected chi connectivity index (χ4v) is 4.90. The number of fused-ring (bicyclic) bond motifs is 1. The number of aliphatic imine (C=N–C) groups is 1. The van der Waals surface area contributed by atoms with Crippen LogP contribution in [-0.2, 0) is 15.9 Å². The molecule has 5 rings (SSSR count). The highest BCUT2D eigenvalue weighted by atomic mass is 16.5. The lowest BCUT2D eigenvalue weighted by Gasteiger charge is -2.26. The Balaban J connectivity index is 1.62. The molecule has 1 aromatic heterocycles. The lowest BCUT2D eigenvalue weighted by molar-refractivity contribution is 0.0688. The van der Waals surface area contributed by atoms with E-state index >= 15 is 0 Å². The number of aromatic hydroxyl groups is 1. The van der Waals surface area contributed by atoms with Crippen molar-refractivity contribution in [2.75, 3.05) is 33.0 Å². The second-order valence-electron chi connectivity index (χ2n) is 8.46. The van der Waals surface area contributed by atoms with Crippen molar-refractivity contribution in [1.29, 1.82) is 0 Å². The van der Waals surface area contributed by atoms with Gasteiger partial charge >= 0.3 is 0 Å². The van der Waals surface area contributed by atoms with Gasteiger partial charge in [0.25, 0.3) is 0 Å². The highest BCUT2D eigenvalue weighted by Gasteiger charge is 2.27. The molecular formula is C23H30N2O3. The van der Waals surface area contributed by atoms with Gasteiger partial charge in [-0.05, 0) is 42.9 Å². The van der Waals surface area contributed by atoms with Crippen molar-refractivity contribution >= 4 is 16.6 Å². The fourth-order valence-electron chi connectivity index (χ4n) is 4.90. The van der Waals surface area contributed by atoms with Crippen LogP contribution >= 0.6 is 0 Å². The maximum Gasteiger partial charge on any atom is 0.201 e. The number of aromatic nitrogens is 1. The summed E-state index contributed by atoms with van der Waals surface area (Å²) in [6.07, 6.45) is 7.86. The number of hydrogen-bond donors (Lipinski definition) is 1. The first-order chi connectivity index (χ1) is 13.8. The fraction of sp³-hybridized carbons (Fsp3) is 0.609. The summed E-state index contributed by atoms with van der Waals surface area (Å²) in [5, 5.41) is 12.5. The summed E-state index contributed by atoms with van der Waals surface area (Å²) in [4.78, 5) is 4.77. The van der Waals surface area contributed by atoms with Crippen LogP contribution in [-0.4, -0.2) is 48.4 Å². The van der Waals surface area contributed by atoms with E-state index in [4.69, 9.17) is 14.5 Å². The number of benzene rings is 1. The van der Waals surface area contributed by atoms with Gasteiger partial charge in [0.05, 0.1) is 36.6 Å². The first-order valence-electron chi connectivity index (χ1n) is 10.9. The summed E-state index contributed by atoms with van der Waals surface area (Å²) in [5.74, 6) is 1.21. The summed E-state index contributed by atoms with van der Waals surface area (Å²) < 4.78 is 13.3. The molecule has 1 saturated heterocycles. The van der Waals surface area contributed by atoms with E-state index in [1.165, 1.54) is 24.8 Å². The summed E-state index contributed by atoms with van der Waals surface area (Å²) >= 11 is 0. The average molecular weight is 383 g/mol. The molecule has 5 nitrogen and oxygen atoms in total. The molecule has 1 aliphatic carbocycles. The third-order valence-electron chi connectivity index (χ3n) is 6.66. The molecule has 0 amide bonds. The highest BCUT2D eigenvalue weighted by Crippen LogP contribution is 2.40.